The summed E-state index contributed by atoms with van der Waals surface area (Å²) in [6.45, 7) is 11.8. The molecule has 1 heterocycles. The van der Waals surface area contributed by atoms with Crippen molar-refractivity contribution in [2.75, 3.05) is 11.4 Å². The van der Waals surface area contributed by atoms with E-state index in [-0.39, 0.29) is 0 Å². The van der Waals surface area contributed by atoms with Crippen LogP contribution in [0, 0.1) is 0 Å². The lowest BCUT2D eigenvalue weighted by Crippen LogP contribution is -2.33. The molecule has 1 aromatic heterocycles. The summed E-state index contributed by atoms with van der Waals surface area (Å²) < 4.78 is 0. The minimum atomic E-state index is 0.301. The topological polar surface area (TPSA) is 33.2 Å². The van der Waals surface area contributed by atoms with Gasteiger partial charge in [-0.1, -0.05) is 45.5 Å². The molecule has 0 aliphatic rings. The Morgan fingerprint density at radius 1 is 1.32 bits per heavy atom. The van der Waals surface area contributed by atoms with E-state index in [2.05, 4.69) is 39.5 Å². The predicted molar refractivity (Wildman–Crippen MR) is 83.6 cm³/mol. The predicted octanol–water partition coefficient (Wildman–Crippen LogP) is 4.48. The second-order valence-electron chi connectivity index (χ2n) is 5.32. The summed E-state index contributed by atoms with van der Waals surface area (Å²) in [5, 5.41) is 1.01. The van der Waals surface area contributed by atoms with Crippen LogP contribution in [0.2, 0.25) is 0 Å². The SMILES string of the molecule is CCCCN(c1nc(C(C)C)c(C=O)s1)C(C)CC. The Hall–Kier alpha value is -0.900. The summed E-state index contributed by atoms with van der Waals surface area (Å²) >= 11 is 1.54. The molecule has 0 aliphatic carbocycles. The van der Waals surface area contributed by atoms with E-state index in [1.54, 1.807) is 0 Å². The van der Waals surface area contributed by atoms with Crippen molar-refractivity contribution in [3.63, 3.8) is 0 Å². The fourth-order valence-electron chi connectivity index (χ4n) is 2.01. The average molecular weight is 282 g/mol. The normalized spacial score (nSPS) is 12.7. The molecule has 0 radical (unpaired) electrons. The lowest BCUT2D eigenvalue weighted by atomic mass is 10.1. The molecular weight excluding hydrogens is 256 g/mol. The Morgan fingerprint density at radius 3 is 2.42 bits per heavy atom. The molecule has 0 aliphatic heterocycles. The van der Waals surface area contributed by atoms with E-state index < -0.39 is 0 Å². The van der Waals surface area contributed by atoms with Crippen molar-refractivity contribution >= 4 is 22.8 Å². The van der Waals surface area contributed by atoms with E-state index in [1.165, 1.54) is 17.8 Å². The second kappa shape index (κ2) is 7.63. The zero-order valence-electron chi connectivity index (χ0n) is 12.8. The van der Waals surface area contributed by atoms with Crippen molar-refractivity contribution in [3.8, 4) is 0 Å². The van der Waals surface area contributed by atoms with Crippen LogP contribution in [0.1, 0.15) is 75.2 Å². The molecule has 0 bridgehead atoms. The Labute approximate surface area is 121 Å². The highest BCUT2D eigenvalue weighted by molar-refractivity contribution is 7.17. The van der Waals surface area contributed by atoms with Crippen molar-refractivity contribution < 1.29 is 4.79 Å². The quantitative estimate of drug-likeness (QED) is 0.659. The molecule has 0 amide bonds. The Kier molecular flexibility index (Phi) is 6.49. The van der Waals surface area contributed by atoms with E-state index in [0.717, 1.165) is 41.4 Å². The van der Waals surface area contributed by atoms with Gasteiger partial charge in [0, 0.05) is 12.6 Å². The summed E-state index contributed by atoms with van der Waals surface area (Å²) in [5.74, 6) is 0.301. The van der Waals surface area contributed by atoms with E-state index in [4.69, 9.17) is 4.98 Å². The van der Waals surface area contributed by atoms with Crippen LogP contribution in [0.3, 0.4) is 0 Å². The van der Waals surface area contributed by atoms with Crippen LogP contribution in [0.5, 0.6) is 0 Å². The molecule has 0 N–H and O–H groups in total. The Balaban J connectivity index is 3.04. The number of carbonyl (C=O) groups excluding carboxylic acids is 1. The van der Waals surface area contributed by atoms with Crippen LogP contribution in [0.4, 0.5) is 5.13 Å². The van der Waals surface area contributed by atoms with Crippen LogP contribution in [-0.2, 0) is 0 Å². The number of hydrogen-bond donors (Lipinski definition) is 0. The van der Waals surface area contributed by atoms with Gasteiger partial charge in [0.05, 0.1) is 10.6 Å². The molecule has 3 nitrogen and oxygen atoms in total. The van der Waals surface area contributed by atoms with E-state index in [9.17, 15) is 4.79 Å². The molecule has 0 aromatic carbocycles. The number of thiazole rings is 1. The number of carbonyl (C=O) groups is 1. The molecule has 1 unspecified atom stereocenters. The number of aldehydes is 1. The van der Waals surface area contributed by atoms with Crippen LogP contribution in [0.15, 0.2) is 0 Å². The Bertz CT molecular complexity index is 401. The molecule has 0 saturated carbocycles. The van der Waals surface area contributed by atoms with Crippen molar-refractivity contribution in [2.24, 2.45) is 0 Å². The number of hydrogen-bond acceptors (Lipinski definition) is 4. The van der Waals surface area contributed by atoms with Crippen LogP contribution in [-0.4, -0.2) is 23.9 Å². The first-order chi connectivity index (χ1) is 9.04. The summed E-state index contributed by atoms with van der Waals surface area (Å²) in [4.78, 5) is 19.0. The lowest BCUT2D eigenvalue weighted by molar-refractivity contribution is 0.112. The van der Waals surface area contributed by atoms with Crippen molar-refractivity contribution in [1.82, 2.24) is 4.98 Å². The van der Waals surface area contributed by atoms with Gasteiger partial charge in [0.1, 0.15) is 0 Å². The summed E-state index contributed by atoms with van der Waals surface area (Å²) in [6.07, 6.45) is 4.38. The molecule has 108 valence electrons. The first-order valence-electron chi connectivity index (χ1n) is 7.27. The fraction of sp³-hybridized carbons (Fsp3) is 0.733. The third kappa shape index (κ3) is 4.03. The number of rotatable bonds is 8. The first kappa shape index (κ1) is 16.2. The smallest absolute Gasteiger partial charge is 0.186 e. The largest absolute Gasteiger partial charge is 0.345 e. The highest BCUT2D eigenvalue weighted by Crippen LogP contribution is 2.31. The number of unbranched alkanes of at least 4 members (excludes halogenated alkanes) is 1. The highest BCUT2D eigenvalue weighted by atomic mass is 32.1. The molecule has 1 atom stereocenters. The number of anilines is 1. The van der Waals surface area contributed by atoms with Crippen LogP contribution < -0.4 is 4.90 Å². The molecule has 19 heavy (non-hydrogen) atoms. The third-order valence-corrected chi connectivity index (χ3v) is 4.48. The zero-order valence-corrected chi connectivity index (χ0v) is 13.6. The van der Waals surface area contributed by atoms with Crippen molar-refractivity contribution in [2.45, 2.75) is 65.8 Å². The van der Waals surface area contributed by atoms with Gasteiger partial charge in [-0.15, -0.1) is 0 Å². The maximum Gasteiger partial charge on any atom is 0.186 e. The van der Waals surface area contributed by atoms with E-state index in [0.29, 0.717) is 12.0 Å². The maximum atomic E-state index is 11.2. The minimum absolute atomic E-state index is 0.301. The molecule has 4 heteroatoms. The van der Waals surface area contributed by atoms with Gasteiger partial charge < -0.3 is 4.90 Å². The van der Waals surface area contributed by atoms with Gasteiger partial charge in [0.25, 0.3) is 0 Å². The van der Waals surface area contributed by atoms with Crippen molar-refractivity contribution in [1.29, 1.82) is 0 Å². The standard InChI is InChI=1S/C15H26N2OS/c1-6-8-9-17(12(5)7-2)15-16-14(11(3)4)13(10-18)19-15/h10-12H,6-9H2,1-5H3. The van der Waals surface area contributed by atoms with Crippen molar-refractivity contribution in [3.05, 3.63) is 10.6 Å². The van der Waals surface area contributed by atoms with Gasteiger partial charge in [0.15, 0.2) is 11.4 Å². The molecule has 1 aromatic rings. The molecule has 0 spiro atoms. The summed E-state index contributed by atoms with van der Waals surface area (Å²) in [5.41, 5.74) is 0.944. The minimum Gasteiger partial charge on any atom is -0.345 e. The van der Waals surface area contributed by atoms with E-state index in [1.807, 2.05) is 0 Å². The van der Waals surface area contributed by atoms with E-state index >= 15 is 0 Å². The fourth-order valence-corrected chi connectivity index (χ4v) is 3.17. The summed E-state index contributed by atoms with van der Waals surface area (Å²) in [7, 11) is 0. The van der Waals surface area contributed by atoms with Gasteiger partial charge in [-0.05, 0) is 25.7 Å². The summed E-state index contributed by atoms with van der Waals surface area (Å²) in [6, 6.07) is 0.470. The second-order valence-corrected chi connectivity index (χ2v) is 6.33. The van der Waals surface area contributed by atoms with Gasteiger partial charge in [-0.2, -0.15) is 0 Å². The van der Waals surface area contributed by atoms with Gasteiger partial charge >= 0.3 is 0 Å². The monoisotopic (exact) mass is 282 g/mol. The van der Waals surface area contributed by atoms with Crippen LogP contribution >= 0.6 is 11.3 Å². The molecule has 0 fully saturated rings. The number of aromatic nitrogens is 1. The third-order valence-electron chi connectivity index (χ3n) is 3.44. The Morgan fingerprint density at radius 2 is 2.00 bits per heavy atom. The zero-order chi connectivity index (χ0) is 14.4. The van der Waals surface area contributed by atoms with Gasteiger partial charge in [-0.3, -0.25) is 4.79 Å². The lowest BCUT2D eigenvalue weighted by Gasteiger charge is -2.28. The maximum absolute atomic E-state index is 11.2. The molecule has 0 saturated heterocycles. The van der Waals surface area contributed by atoms with Gasteiger partial charge in [0.2, 0.25) is 0 Å². The molecular formula is C15H26N2OS. The first-order valence-corrected chi connectivity index (χ1v) is 8.09. The van der Waals surface area contributed by atoms with Crippen LogP contribution in [0.25, 0.3) is 0 Å². The average Bonchev–Trinajstić information content (AvgIpc) is 2.83. The van der Waals surface area contributed by atoms with Gasteiger partial charge in [-0.25, -0.2) is 4.98 Å². The molecule has 1 rings (SSSR count). The number of nitrogens with zero attached hydrogens (tertiary/aromatic N) is 2. The highest BCUT2D eigenvalue weighted by Gasteiger charge is 2.20.